The normalized spacial score (nSPS) is 11.6. The Hall–Kier alpha value is -9.07. The maximum atomic E-state index is 6.56. The molecule has 0 bridgehead atoms. The van der Waals surface area contributed by atoms with E-state index < -0.39 is 0 Å². The van der Waals surface area contributed by atoms with E-state index >= 15 is 0 Å². The highest BCUT2D eigenvalue weighted by Crippen LogP contribution is 2.38. The monoisotopic (exact) mass is 845 g/mol. The van der Waals surface area contributed by atoms with Crippen molar-refractivity contribution in [1.82, 2.24) is 24.9 Å². The van der Waals surface area contributed by atoms with Crippen molar-refractivity contribution < 1.29 is 8.83 Å². The van der Waals surface area contributed by atoms with E-state index in [1.807, 2.05) is 97.1 Å². The third kappa shape index (κ3) is 6.57. The van der Waals surface area contributed by atoms with Crippen molar-refractivity contribution >= 4 is 54.6 Å². The van der Waals surface area contributed by atoms with Gasteiger partial charge in [-0.05, 0) is 71.1 Å². The fraction of sp³-hybridized carbons (Fsp3) is 0. The van der Waals surface area contributed by atoms with Gasteiger partial charge in [0.1, 0.15) is 22.3 Å². The van der Waals surface area contributed by atoms with Gasteiger partial charge in [-0.3, -0.25) is 0 Å². The van der Waals surface area contributed by atoms with E-state index in [1.54, 1.807) is 0 Å². The molecule has 0 N–H and O–H groups in total. The zero-order valence-electron chi connectivity index (χ0n) is 35.3. The molecule has 0 aliphatic heterocycles. The quantitative estimate of drug-likeness (QED) is 0.158. The van der Waals surface area contributed by atoms with Gasteiger partial charge in [-0.2, -0.15) is 0 Å². The number of furan rings is 2. The molecule has 0 saturated carbocycles. The van der Waals surface area contributed by atoms with E-state index in [4.69, 9.17) is 33.8 Å². The molecule has 0 aliphatic carbocycles. The molecule has 0 amide bonds. The molecule has 0 unspecified atom stereocenters. The van der Waals surface area contributed by atoms with E-state index in [2.05, 4.69) is 115 Å². The first-order valence-electron chi connectivity index (χ1n) is 21.9. The molecule has 7 heteroatoms. The summed E-state index contributed by atoms with van der Waals surface area (Å²) in [6.07, 6.45) is 0. The molecule has 66 heavy (non-hydrogen) atoms. The maximum absolute atomic E-state index is 6.56. The highest BCUT2D eigenvalue weighted by molar-refractivity contribution is 6.15. The van der Waals surface area contributed by atoms with Crippen LogP contribution in [0.15, 0.2) is 221 Å². The number of para-hydroxylation sites is 1. The molecule has 0 aliphatic rings. The summed E-state index contributed by atoms with van der Waals surface area (Å²) in [5.74, 6) is 2.37. The predicted molar refractivity (Wildman–Crippen MR) is 266 cm³/mol. The number of hydrogen-bond acceptors (Lipinski definition) is 7. The van der Waals surface area contributed by atoms with Gasteiger partial charge in [-0.1, -0.05) is 158 Å². The largest absolute Gasteiger partial charge is 0.456 e. The zero-order valence-corrected chi connectivity index (χ0v) is 35.3. The molecule has 0 saturated heterocycles. The molecule has 0 atom stereocenters. The maximum Gasteiger partial charge on any atom is 0.164 e. The molecule has 308 valence electrons. The fourth-order valence-electron chi connectivity index (χ4n) is 9.03. The van der Waals surface area contributed by atoms with Crippen LogP contribution in [0.2, 0.25) is 0 Å². The number of rotatable bonds is 7. The minimum Gasteiger partial charge on any atom is -0.456 e. The summed E-state index contributed by atoms with van der Waals surface area (Å²) in [6.45, 7) is 0. The van der Waals surface area contributed by atoms with Crippen molar-refractivity contribution in [2.75, 3.05) is 0 Å². The van der Waals surface area contributed by atoms with Crippen LogP contribution in [-0.4, -0.2) is 24.9 Å². The van der Waals surface area contributed by atoms with Crippen LogP contribution < -0.4 is 0 Å². The Bertz CT molecular complexity index is 4010. The molecule has 13 aromatic rings. The minimum atomic E-state index is 0.562. The van der Waals surface area contributed by atoms with Crippen LogP contribution in [-0.2, 0) is 0 Å². The second kappa shape index (κ2) is 15.3. The lowest BCUT2D eigenvalue weighted by Gasteiger charge is -2.12. The molecule has 7 nitrogen and oxygen atoms in total. The average Bonchev–Trinajstić information content (AvgIpc) is 3.97. The second-order valence-electron chi connectivity index (χ2n) is 16.4. The molecule has 0 spiro atoms. The highest BCUT2D eigenvalue weighted by atomic mass is 16.3. The Balaban J connectivity index is 0.896. The van der Waals surface area contributed by atoms with Crippen molar-refractivity contribution in [3.05, 3.63) is 212 Å². The third-order valence-electron chi connectivity index (χ3n) is 12.3. The van der Waals surface area contributed by atoms with Crippen LogP contribution in [0.5, 0.6) is 0 Å². The fourth-order valence-corrected chi connectivity index (χ4v) is 9.03. The van der Waals surface area contributed by atoms with Gasteiger partial charge in [-0.25, -0.2) is 24.9 Å². The first kappa shape index (κ1) is 37.5. The Kier molecular flexibility index (Phi) is 8.70. The second-order valence-corrected chi connectivity index (χ2v) is 16.4. The Morgan fingerprint density at radius 3 is 1.42 bits per heavy atom. The summed E-state index contributed by atoms with van der Waals surface area (Å²) in [5, 5.41) is 6.52. The number of hydrogen-bond donors (Lipinski definition) is 0. The molecule has 4 heterocycles. The zero-order chi connectivity index (χ0) is 43.6. The van der Waals surface area contributed by atoms with Gasteiger partial charge in [0.15, 0.2) is 23.3 Å². The number of fused-ring (bicyclic) bond motifs is 8. The number of nitrogens with zero attached hydrogens (tertiary/aromatic N) is 5. The molecule has 0 radical (unpaired) electrons. The smallest absolute Gasteiger partial charge is 0.164 e. The van der Waals surface area contributed by atoms with Gasteiger partial charge in [0.2, 0.25) is 0 Å². The van der Waals surface area contributed by atoms with E-state index in [1.165, 1.54) is 0 Å². The first-order chi connectivity index (χ1) is 32.6. The van der Waals surface area contributed by atoms with Crippen molar-refractivity contribution in [3.8, 4) is 79.2 Å². The third-order valence-corrected chi connectivity index (χ3v) is 12.3. The number of aromatic nitrogens is 5. The van der Waals surface area contributed by atoms with Crippen molar-refractivity contribution in [2.45, 2.75) is 0 Å². The van der Waals surface area contributed by atoms with Gasteiger partial charge < -0.3 is 8.83 Å². The summed E-state index contributed by atoms with van der Waals surface area (Å²) in [6, 6.07) is 72.3. The van der Waals surface area contributed by atoms with Gasteiger partial charge >= 0.3 is 0 Å². The molecular formula is C59H35N5O2. The Morgan fingerprint density at radius 2 is 0.697 bits per heavy atom. The Labute approximate surface area is 378 Å². The molecule has 9 aromatic carbocycles. The molecule has 4 aromatic heterocycles. The SMILES string of the molecule is c1ccc(-c2nc(-c3cccc(-c4cccc(-c5nc(-c6ccccc6)nc(-c6ccc7c(c6)oc6c8ccccc8ccc76)n5)c4)c3)cc(-c3ccc4c(c3)oc3ccccc34)n2)cc1. The summed E-state index contributed by atoms with van der Waals surface area (Å²) in [7, 11) is 0. The van der Waals surface area contributed by atoms with E-state index in [0.717, 1.165) is 111 Å². The summed E-state index contributed by atoms with van der Waals surface area (Å²) in [5.41, 5.74) is 12.5. The van der Waals surface area contributed by atoms with Crippen LogP contribution in [0, 0.1) is 0 Å². The van der Waals surface area contributed by atoms with E-state index in [9.17, 15) is 0 Å². The number of benzene rings is 9. The van der Waals surface area contributed by atoms with Gasteiger partial charge in [0.05, 0.1) is 11.4 Å². The topological polar surface area (TPSA) is 90.7 Å². The van der Waals surface area contributed by atoms with Crippen molar-refractivity contribution in [3.63, 3.8) is 0 Å². The highest BCUT2D eigenvalue weighted by Gasteiger charge is 2.18. The molecular weight excluding hydrogens is 811 g/mol. The van der Waals surface area contributed by atoms with Crippen LogP contribution in [0.1, 0.15) is 0 Å². The standard InChI is InChI=1S/C59H35N5O2/c1-3-14-37(15-4-1)56-60-50(35-51(61-56)42-26-28-47-46-23-9-10-24-52(46)65-53(47)33-42)41-20-11-18-39(31-41)40-19-12-21-43(32-40)58-62-57(38-16-5-2-6-17-38)63-59(64-58)44-27-29-48-49-30-25-36-13-7-8-22-45(36)55(49)66-54(48)34-44/h1-35H. The van der Waals surface area contributed by atoms with Crippen LogP contribution in [0.4, 0.5) is 0 Å². The lowest BCUT2D eigenvalue weighted by molar-refractivity contribution is 0.669. The summed E-state index contributed by atoms with van der Waals surface area (Å²) < 4.78 is 12.9. The molecule has 0 fully saturated rings. The van der Waals surface area contributed by atoms with Crippen molar-refractivity contribution in [2.24, 2.45) is 0 Å². The van der Waals surface area contributed by atoms with Crippen LogP contribution in [0.25, 0.3) is 134 Å². The summed E-state index contributed by atoms with van der Waals surface area (Å²) >= 11 is 0. The molecule has 13 rings (SSSR count). The van der Waals surface area contributed by atoms with E-state index in [0.29, 0.717) is 23.3 Å². The van der Waals surface area contributed by atoms with Gasteiger partial charge in [0.25, 0.3) is 0 Å². The lowest BCUT2D eigenvalue weighted by atomic mass is 9.99. The van der Waals surface area contributed by atoms with Crippen LogP contribution in [0.3, 0.4) is 0 Å². The minimum absolute atomic E-state index is 0.562. The van der Waals surface area contributed by atoms with Crippen molar-refractivity contribution in [1.29, 1.82) is 0 Å². The van der Waals surface area contributed by atoms with Gasteiger partial charge in [-0.15, -0.1) is 0 Å². The van der Waals surface area contributed by atoms with Crippen LogP contribution >= 0.6 is 0 Å². The Morgan fingerprint density at radius 1 is 0.242 bits per heavy atom. The van der Waals surface area contributed by atoms with Gasteiger partial charge in [0, 0.05) is 60.3 Å². The van der Waals surface area contributed by atoms with E-state index in [-0.39, 0.29) is 0 Å². The predicted octanol–water partition coefficient (Wildman–Crippen LogP) is 15.3. The first-order valence-corrected chi connectivity index (χ1v) is 21.9. The summed E-state index contributed by atoms with van der Waals surface area (Å²) in [4.78, 5) is 25.5. The lowest BCUT2D eigenvalue weighted by Crippen LogP contribution is -2.00. The average molecular weight is 846 g/mol.